The van der Waals surface area contributed by atoms with Gasteiger partial charge in [0, 0.05) is 30.6 Å². The van der Waals surface area contributed by atoms with Crippen molar-refractivity contribution >= 4 is 17.5 Å². The third-order valence-corrected chi connectivity index (χ3v) is 3.80. The normalized spacial score (nSPS) is 17.5. The van der Waals surface area contributed by atoms with Crippen LogP contribution in [0.2, 0.25) is 0 Å². The van der Waals surface area contributed by atoms with Crippen LogP contribution < -0.4 is 10.6 Å². The van der Waals surface area contributed by atoms with Crippen LogP contribution in [-0.2, 0) is 4.74 Å². The number of hydrogen-bond acceptors (Lipinski definition) is 5. The molecule has 0 radical (unpaired) electrons. The molecule has 2 heterocycles. The highest BCUT2D eigenvalue weighted by Crippen LogP contribution is 2.18. The lowest BCUT2D eigenvalue weighted by atomic mass is 10.2. The van der Waals surface area contributed by atoms with Gasteiger partial charge in [0.15, 0.2) is 0 Å². The minimum atomic E-state index is 0.294. The smallest absolute Gasteiger partial charge is 0.229 e. The zero-order chi connectivity index (χ0) is 15.4. The highest BCUT2D eigenvalue weighted by Gasteiger charge is 2.15. The molecule has 5 nitrogen and oxygen atoms in total. The first-order valence-corrected chi connectivity index (χ1v) is 7.73. The van der Waals surface area contributed by atoms with Gasteiger partial charge in [0.2, 0.25) is 5.95 Å². The number of hydrogen-bond donors (Lipinski definition) is 2. The van der Waals surface area contributed by atoms with E-state index in [9.17, 15) is 0 Å². The number of benzene rings is 1. The lowest BCUT2D eigenvalue weighted by molar-refractivity contribution is 0.120. The van der Waals surface area contributed by atoms with Crippen molar-refractivity contribution in [1.82, 2.24) is 9.97 Å². The molecule has 1 aromatic heterocycles. The summed E-state index contributed by atoms with van der Waals surface area (Å²) >= 11 is 0. The molecule has 22 heavy (non-hydrogen) atoms. The van der Waals surface area contributed by atoms with Crippen molar-refractivity contribution in [2.24, 2.45) is 0 Å². The Kier molecular flexibility index (Phi) is 4.53. The fraction of sp³-hybridized carbons (Fsp3) is 0.412. The lowest BCUT2D eigenvalue weighted by Gasteiger charge is -2.14. The van der Waals surface area contributed by atoms with Crippen LogP contribution in [0.4, 0.5) is 17.5 Å². The molecule has 1 atom stereocenters. The van der Waals surface area contributed by atoms with E-state index in [2.05, 4.69) is 39.7 Å². The van der Waals surface area contributed by atoms with Gasteiger partial charge in [0.1, 0.15) is 5.82 Å². The van der Waals surface area contributed by atoms with Gasteiger partial charge in [-0.1, -0.05) is 17.7 Å². The SMILES string of the molecule is Cc1ccc(Nc2ncc(C)c(NCC3CCCO3)n2)cc1. The molecule has 116 valence electrons. The summed E-state index contributed by atoms with van der Waals surface area (Å²) in [6, 6.07) is 8.18. The van der Waals surface area contributed by atoms with E-state index >= 15 is 0 Å². The van der Waals surface area contributed by atoms with Crippen LogP contribution >= 0.6 is 0 Å². The summed E-state index contributed by atoms with van der Waals surface area (Å²) in [5.41, 5.74) is 3.25. The minimum absolute atomic E-state index is 0.294. The molecule has 0 spiro atoms. The molecule has 5 heteroatoms. The molecule has 0 aliphatic carbocycles. The van der Waals surface area contributed by atoms with Crippen molar-refractivity contribution < 1.29 is 4.74 Å². The Balaban J connectivity index is 1.67. The molecular formula is C17H22N4O. The van der Waals surface area contributed by atoms with E-state index in [-0.39, 0.29) is 0 Å². The van der Waals surface area contributed by atoms with Gasteiger partial charge in [-0.15, -0.1) is 0 Å². The molecule has 0 saturated carbocycles. The number of ether oxygens (including phenoxy) is 1. The Labute approximate surface area is 131 Å². The van der Waals surface area contributed by atoms with Crippen LogP contribution in [0.1, 0.15) is 24.0 Å². The Morgan fingerprint density at radius 1 is 1.23 bits per heavy atom. The van der Waals surface area contributed by atoms with Gasteiger partial charge in [0.25, 0.3) is 0 Å². The number of aryl methyl sites for hydroxylation is 2. The topological polar surface area (TPSA) is 59.1 Å². The predicted octanol–water partition coefficient (Wildman–Crippen LogP) is 3.43. The lowest BCUT2D eigenvalue weighted by Crippen LogP contribution is -2.19. The average Bonchev–Trinajstić information content (AvgIpc) is 3.03. The first-order valence-electron chi connectivity index (χ1n) is 7.73. The molecule has 1 fully saturated rings. The summed E-state index contributed by atoms with van der Waals surface area (Å²) in [5.74, 6) is 1.46. The number of aromatic nitrogens is 2. The molecule has 1 aliphatic rings. The van der Waals surface area contributed by atoms with Crippen molar-refractivity contribution in [3.63, 3.8) is 0 Å². The first kappa shape index (κ1) is 14.8. The van der Waals surface area contributed by atoms with Crippen LogP contribution in [-0.4, -0.2) is 29.2 Å². The summed E-state index contributed by atoms with van der Waals surface area (Å²) in [5, 5.41) is 6.61. The maximum absolute atomic E-state index is 5.63. The summed E-state index contributed by atoms with van der Waals surface area (Å²) < 4.78 is 5.63. The number of nitrogens with one attached hydrogen (secondary N) is 2. The van der Waals surface area contributed by atoms with E-state index in [0.717, 1.165) is 43.1 Å². The third-order valence-electron chi connectivity index (χ3n) is 3.80. The molecule has 3 rings (SSSR count). The number of nitrogens with zero attached hydrogens (tertiary/aromatic N) is 2. The second-order valence-corrected chi connectivity index (χ2v) is 5.73. The van der Waals surface area contributed by atoms with Crippen LogP contribution in [0, 0.1) is 13.8 Å². The van der Waals surface area contributed by atoms with Crippen LogP contribution in [0.25, 0.3) is 0 Å². The highest BCUT2D eigenvalue weighted by molar-refractivity contribution is 5.56. The zero-order valence-electron chi connectivity index (χ0n) is 13.1. The number of anilines is 3. The van der Waals surface area contributed by atoms with Gasteiger partial charge in [-0.05, 0) is 38.8 Å². The largest absolute Gasteiger partial charge is 0.376 e. The summed E-state index contributed by atoms with van der Waals surface area (Å²) in [7, 11) is 0. The second-order valence-electron chi connectivity index (χ2n) is 5.73. The monoisotopic (exact) mass is 298 g/mol. The Morgan fingerprint density at radius 2 is 2.05 bits per heavy atom. The molecule has 1 saturated heterocycles. The molecule has 1 aliphatic heterocycles. The van der Waals surface area contributed by atoms with Crippen molar-refractivity contribution in [1.29, 1.82) is 0 Å². The fourth-order valence-corrected chi connectivity index (χ4v) is 2.46. The quantitative estimate of drug-likeness (QED) is 0.885. The molecule has 2 aromatic rings. The van der Waals surface area contributed by atoms with Crippen LogP contribution in [0.3, 0.4) is 0 Å². The Hall–Kier alpha value is -2.14. The average molecular weight is 298 g/mol. The first-order chi connectivity index (χ1) is 10.7. The number of rotatable bonds is 5. The molecule has 1 unspecified atom stereocenters. The Morgan fingerprint density at radius 3 is 2.77 bits per heavy atom. The maximum Gasteiger partial charge on any atom is 0.229 e. The van der Waals surface area contributed by atoms with Gasteiger partial charge < -0.3 is 15.4 Å². The van der Waals surface area contributed by atoms with Crippen molar-refractivity contribution in [3.8, 4) is 0 Å². The fourth-order valence-electron chi connectivity index (χ4n) is 2.46. The van der Waals surface area contributed by atoms with Crippen molar-refractivity contribution in [3.05, 3.63) is 41.6 Å². The van der Waals surface area contributed by atoms with E-state index in [1.54, 1.807) is 0 Å². The highest BCUT2D eigenvalue weighted by atomic mass is 16.5. The van der Waals surface area contributed by atoms with E-state index < -0.39 is 0 Å². The minimum Gasteiger partial charge on any atom is -0.376 e. The third kappa shape index (κ3) is 3.74. The zero-order valence-corrected chi connectivity index (χ0v) is 13.1. The summed E-state index contributed by atoms with van der Waals surface area (Å²) in [4.78, 5) is 8.91. The van der Waals surface area contributed by atoms with E-state index in [1.807, 2.05) is 25.3 Å². The van der Waals surface area contributed by atoms with E-state index in [1.165, 1.54) is 5.56 Å². The molecule has 0 amide bonds. The summed E-state index contributed by atoms with van der Waals surface area (Å²) in [6.07, 6.45) is 4.39. The molecule has 2 N–H and O–H groups in total. The van der Waals surface area contributed by atoms with E-state index in [0.29, 0.717) is 12.1 Å². The van der Waals surface area contributed by atoms with E-state index in [4.69, 9.17) is 4.74 Å². The Bertz CT molecular complexity index is 621. The van der Waals surface area contributed by atoms with Crippen molar-refractivity contribution in [2.75, 3.05) is 23.8 Å². The van der Waals surface area contributed by atoms with Crippen molar-refractivity contribution in [2.45, 2.75) is 32.8 Å². The second kappa shape index (κ2) is 6.75. The van der Waals surface area contributed by atoms with Gasteiger partial charge in [-0.3, -0.25) is 0 Å². The van der Waals surface area contributed by atoms with Crippen LogP contribution in [0.15, 0.2) is 30.5 Å². The van der Waals surface area contributed by atoms with Gasteiger partial charge in [-0.2, -0.15) is 4.98 Å². The standard InChI is InChI=1S/C17H22N4O/c1-12-5-7-14(8-6-12)20-17-19-10-13(2)16(21-17)18-11-15-4-3-9-22-15/h5-8,10,15H,3-4,9,11H2,1-2H3,(H2,18,19,20,21). The van der Waals surface area contributed by atoms with Crippen LogP contribution in [0.5, 0.6) is 0 Å². The molecule has 1 aromatic carbocycles. The summed E-state index contributed by atoms with van der Waals surface area (Å²) in [6.45, 7) is 5.74. The maximum atomic E-state index is 5.63. The van der Waals surface area contributed by atoms with Gasteiger partial charge in [-0.25, -0.2) is 4.98 Å². The predicted molar refractivity (Wildman–Crippen MR) is 88.7 cm³/mol. The molecular weight excluding hydrogens is 276 g/mol. The molecule has 0 bridgehead atoms. The van der Waals surface area contributed by atoms with Gasteiger partial charge in [0.05, 0.1) is 6.10 Å². The van der Waals surface area contributed by atoms with Gasteiger partial charge >= 0.3 is 0 Å².